The molecule has 3 atom stereocenters. The topological polar surface area (TPSA) is 145 Å². The summed E-state index contributed by atoms with van der Waals surface area (Å²) in [5.41, 5.74) is 2.25. The van der Waals surface area contributed by atoms with Crippen LogP contribution in [0, 0.1) is 5.92 Å². The Labute approximate surface area is 255 Å². The number of carbonyl (C=O) groups is 4. The van der Waals surface area contributed by atoms with Crippen molar-refractivity contribution < 1.29 is 28.7 Å². The summed E-state index contributed by atoms with van der Waals surface area (Å²) in [7, 11) is 0. The first-order valence-corrected chi connectivity index (χ1v) is 15.5. The zero-order chi connectivity index (χ0) is 31.3. The summed E-state index contributed by atoms with van der Waals surface area (Å²) >= 11 is 0. The molecule has 2 aromatic rings. The quantitative estimate of drug-likeness (QED) is 0.216. The van der Waals surface area contributed by atoms with Crippen LogP contribution < -0.4 is 16.0 Å². The van der Waals surface area contributed by atoms with Crippen LogP contribution in [0.1, 0.15) is 58.4 Å². The summed E-state index contributed by atoms with van der Waals surface area (Å²) in [6.45, 7) is 12.4. The van der Waals surface area contributed by atoms with Gasteiger partial charge in [-0.2, -0.15) is 0 Å². The fourth-order valence-electron chi connectivity index (χ4n) is 4.96. The van der Waals surface area contributed by atoms with Crippen LogP contribution in [0.3, 0.4) is 0 Å². The first-order valence-electron chi connectivity index (χ1n) is 15.5. The first kappa shape index (κ1) is 35.9. The van der Waals surface area contributed by atoms with Gasteiger partial charge in [0, 0.05) is 30.8 Å². The van der Waals surface area contributed by atoms with Crippen LogP contribution in [-0.4, -0.2) is 99.1 Å². The summed E-state index contributed by atoms with van der Waals surface area (Å²) in [6, 6.07) is 7.99. The zero-order valence-electron chi connectivity index (χ0n) is 26.0. The maximum Gasteiger partial charge on any atom is 0.239 e. The number of benzene rings is 1. The van der Waals surface area contributed by atoms with Crippen molar-refractivity contribution in [3.05, 3.63) is 36.0 Å². The van der Waals surface area contributed by atoms with Crippen molar-refractivity contribution >= 4 is 35.9 Å². The van der Waals surface area contributed by atoms with Gasteiger partial charge in [-0.1, -0.05) is 44.7 Å². The van der Waals surface area contributed by atoms with Gasteiger partial charge < -0.3 is 35.2 Å². The predicted octanol–water partition coefficient (Wildman–Crippen LogP) is 2.58. The number of hydrogen-bond donors (Lipinski definition) is 4. The van der Waals surface area contributed by atoms with Crippen LogP contribution in [0.4, 0.5) is 0 Å². The minimum Gasteiger partial charge on any atom is -0.379 e. The molecule has 0 bridgehead atoms. The molecule has 0 radical (unpaired) electrons. The number of epoxide rings is 1. The Bertz CT molecular complexity index is 1060. The molecule has 3 aliphatic rings. The number of aromatic nitrogens is 1. The van der Waals surface area contributed by atoms with Crippen LogP contribution in [0.25, 0.3) is 10.9 Å². The molecule has 2 unspecified atom stereocenters. The molecule has 1 aromatic carbocycles. The van der Waals surface area contributed by atoms with E-state index in [1.807, 2.05) is 19.2 Å². The summed E-state index contributed by atoms with van der Waals surface area (Å²) in [5.74, 6) is 0.466. The number of nitrogens with one attached hydrogen (secondary N) is 4. The number of amides is 3. The van der Waals surface area contributed by atoms with E-state index in [0.29, 0.717) is 24.8 Å². The number of rotatable bonds is 12. The van der Waals surface area contributed by atoms with Gasteiger partial charge in [-0.05, 0) is 62.2 Å². The summed E-state index contributed by atoms with van der Waals surface area (Å²) < 4.78 is 9.87. The molecular weight excluding hydrogens is 550 g/mol. The molecule has 43 heavy (non-hydrogen) atoms. The molecule has 4 N–H and O–H groups in total. The van der Waals surface area contributed by atoms with Crippen LogP contribution >= 0.6 is 0 Å². The lowest BCUT2D eigenvalue weighted by molar-refractivity contribution is -0.122. The van der Waals surface area contributed by atoms with Gasteiger partial charge in [0.1, 0.15) is 6.29 Å². The first-order chi connectivity index (χ1) is 20.9. The zero-order valence-corrected chi connectivity index (χ0v) is 26.0. The number of hydrogen-bond acceptors (Lipinski definition) is 7. The molecule has 11 nitrogen and oxygen atoms in total. The number of likely N-dealkylation sites (N-methyl/N-ethyl adjacent to an activating group) is 1. The monoisotopic (exact) mass is 601 g/mol. The van der Waals surface area contributed by atoms with Gasteiger partial charge in [0.05, 0.1) is 38.5 Å². The Kier molecular flexibility index (Phi) is 17.9. The van der Waals surface area contributed by atoms with Crippen molar-refractivity contribution in [2.24, 2.45) is 5.92 Å². The van der Waals surface area contributed by atoms with Crippen LogP contribution in [0.15, 0.2) is 30.5 Å². The maximum atomic E-state index is 11.4. The molecule has 1 saturated carbocycles. The molecule has 240 valence electrons. The van der Waals surface area contributed by atoms with Crippen LogP contribution in [0.5, 0.6) is 0 Å². The highest BCUT2D eigenvalue weighted by atomic mass is 16.6. The van der Waals surface area contributed by atoms with Crippen LogP contribution in [-0.2, 0) is 35.1 Å². The second-order valence-electron chi connectivity index (χ2n) is 11.2. The Morgan fingerprint density at radius 1 is 1.12 bits per heavy atom. The third kappa shape index (κ3) is 16.2. The Morgan fingerprint density at radius 3 is 2.37 bits per heavy atom. The fraction of sp³-hybridized carbons (Fsp3) is 0.625. The van der Waals surface area contributed by atoms with E-state index in [4.69, 9.17) is 9.47 Å². The van der Waals surface area contributed by atoms with E-state index in [2.05, 4.69) is 57.9 Å². The standard InChI is InChI=1S/C14H17N3O2.C9H15NO2.C6H13NO.C3H6O/c1-10(17-14(19)8-15-9-18)6-11-2-3-12-4-5-16-13(12)7-11;11-6-9(10-7-12)5-8-3-1-2-4-8;1-2-7-3-5-8-6-4-7;1-3-2-4-3/h2-5,7,9-10,16H,6,8H2,1H3,(H,15,18)(H,17,19);6-9H,1-5H2,(H,10,12);2-6H2,1H3;3H,2H2,1H3/t;9-;;/m.0../s1. The number of ether oxygens (including phenoxy) is 2. The van der Waals surface area contributed by atoms with E-state index in [-0.39, 0.29) is 24.5 Å². The summed E-state index contributed by atoms with van der Waals surface area (Å²) in [6.07, 6.45) is 11.0. The highest BCUT2D eigenvalue weighted by molar-refractivity contribution is 5.81. The molecule has 3 fully saturated rings. The average Bonchev–Trinajstić information content (AvgIpc) is 3.42. The lowest BCUT2D eigenvalue weighted by Crippen LogP contribution is -2.39. The Morgan fingerprint density at radius 2 is 1.81 bits per heavy atom. The van der Waals surface area contributed by atoms with E-state index in [1.54, 1.807) is 0 Å². The highest BCUT2D eigenvalue weighted by Crippen LogP contribution is 2.28. The average molecular weight is 602 g/mol. The fourth-order valence-corrected chi connectivity index (χ4v) is 4.96. The van der Waals surface area contributed by atoms with Crippen molar-refractivity contribution in [2.75, 3.05) is 46.0 Å². The van der Waals surface area contributed by atoms with Gasteiger partial charge in [-0.25, -0.2) is 0 Å². The lowest BCUT2D eigenvalue weighted by Gasteiger charge is -2.24. The predicted molar refractivity (Wildman–Crippen MR) is 168 cm³/mol. The minimum absolute atomic E-state index is 0.0174. The van der Waals surface area contributed by atoms with E-state index in [1.165, 1.54) is 37.6 Å². The van der Waals surface area contributed by atoms with Crippen molar-refractivity contribution in [2.45, 2.75) is 77.5 Å². The van der Waals surface area contributed by atoms with E-state index in [0.717, 1.165) is 63.1 Å². The van der Waals surface area contributed by atoms with Gasteiger partial charge in [0.15, 0.2) is 0 Å². The van der Waals surface area contributed by atoms with Crippen molar-refractivity contribution in [1.82, 2.24) is 25.8 Å². The molecule has 11 heteroatoms. The highest BCUT2D eigenvalue weighted by Gasteiger charge is 2.19. The van der Waals surface area contributed by atoms with Gasteiger partial charge in [0.2, 0.25) is 18.7 Å². The van der Waals surface area contributed by atoms with Gasteiger partial charge in [-0.15, -0.1) is 0 Å². The molecule has 3 heterocycles. The van der Waals surface area contributed by atoms with E-state index in [9.17, 15) is 19.2 Å². The minimum atomic E-state index is -0.259. The van der Waals surface area contributed by atoms with Gasteiger partial charge >= 0.3 is 0 Å². The number of H-pyrrole nitrogens is 1. The van der Waals surface area contributed by atoms with Gasteiger partial charge in [-0.3, -0.25) is 19.3 Å². The molecule has 2 aliphatic heterocycles. The SMILES string of the molecule is CC(Cc1ccc2cc[nH]c2c1)NC(=O)CNC=O.CC1CO1.CCN1CCOCC1.O=CN[C@H](C=O)CC1CCCC1. The molecule has 1 aromatic heterocycles. The Hall–Kier alpha value is -3.28. The summed E-state index contributed by atoms with van der Waals surface area (Å²) in [5, 5.41) is 8.86. The van der Waals surface area contributed by atoms with E-state index >= 15 is 0 Å². The second-order valence-corrected chi connectivity index (χ2v) is 11.2. The molecule has 3 amide bonds. The summed E-state index contributed by atoms with van der Waals surface area (Å²) in [4.78, 5) is 47.6. The molecule has 0 spiro atoms. The van der Waals surface area contributed by atoms with Crippen molar-refractivity contribution in [3.63, 3.8) is 0 Å². The second kappa shape index (κ2) is 21.4. The third-order valence-electron chi connectivity index (χ3n) is 7.47. The largest absolute Gasteiger partial charge is 0.379 e. The third-order valence-corrected chi connectivity index (χ3v) is 7.47. The Balaban J connectivity index is 0.000000228. The number of aldehydes is 1. The molecule has 5 rings (SSSR count). The molecular formula is C32H51N5O6. The van der Waals surface area contributed by atoms with E-state index < -0.39 is 0 Å². The maximum absolute atomic E-state index is 11.4. The molecule has 1 aliphatic carbocycles. The van der Waals surface area contributed by atoms with Crippen molar-refractivity contribution in [1.29, 1.82) is 0 Å². The van der Waals surface area contributed by atoms with Gasteiger partial charge in [0.25, 0.3) is 0 Å². The lowest BCUT2D eigenvalue weighted by atomic mass is 9.99. The number of morpholine rings is 1. The number of fused-ring (bicyclic) bond motifs is 1. The number of carbonyl (C=O) groups excluding carboxylic acids is 4. The van der Waals surface area contributed by atoms with Crippen LogP contribution in [0.2, 0.25) is 0 Å². The van der Waals surface area contributed by atoms with Crippen molar-refractivity contribution in [3.8, 4) is 0 Å². The smallest absolute Gasteiger partial charge is 0.239 e. The number of aromatic amines is 1. The number of nitrogens with zero attached hydrogens (tertiary/aromatic N) is 1. The molecule has 2 saturated heterocycles. The normalized spacial score (nSPS) is 19.1.